The predicted octanol–water partition coefficient (Wildman–Crippen LogP) is -5.07. The number of carbonyl (C=O) groups is 2. The summed E-state index contributed by atoms with van der Waals surface area (Å²) in [7, 11) is 0. The maximum Gasteiger partial charge on any atom is 1.00 e. The Kier molecular flexibility index (Phi) is 17.0. The minimum Gasteiger partial charge on any atom is -0.813 e. The molecule has 0 spiro atoms. The molecule has 0 aliphatic heterocycles. The molecule has 18 heavy (non-hydrogen) atoms. The fourth-order valence-corrected chi connectivity index (χ4v) is 1.37. The van der Waals surface area contributed by atoms with Crippen LogP contribution in [0.4, 0.5) is 0 Å². The molecule has 0 aromatic rings. The topological polar surface area (TPSA) is 52.6 Å². The Morgan fingerprint density at radius 1 is 0.833 bits per heavy atom. The zero-order valence-corrected chi connectivity index (χ0v) is 17.4. The average molecular weight is 310 g/mol. The van der Waals surface area contributed by atoms with E-state index in [1.54, 1.807) is 27.7 Å². The molecule has 8 heteroatoms. The first-order valence-electron chi connectivity index (χ1n) is 4.98. The van der Waals surface area contributed by atoms with E-state index in [9.17, 15) is 9.59 Å². The van der Waals surface area contributed by atoms with Gasteiger partial charge in [0.1, 0.15) is 5.92 Å². The molecule has 0 amide bonds. The van der Waals surface area contributed by atoms with Crippen molar-refractivity contribution >= 4 is 37.2 Å². The number of rotatable bonds is 5. The van der Waals surface area contributed by atoms with E-state index >= 15 is 0 Å². The monoisotopic (exact) mass is 310 g/mol. The Balaban J connectivity index is -0.00000112. The van der Waals surface area contributed by atoms with Crippen LogP contribution in [0.25, 0.3) is 0 Å². The second-order valence-corrected chi connectivity index (χ2v) is 5.13. The summed E-state index contributed by atoms with van der Waals surface area (Å²) >= 11 is 9.54. The number of ether oxygens (including phenoxy) is 2. The second kappa shape index (κ2) is 12.4. The SMILES string of the molecule is CC(C)OC(=O)C(C(=O)OC(C)C)C([S-])[S-].[Na+].[Na+]. The van der Waals surface area contributed by atoms with E-state index in [2.05, 4.69) is 0 Å². The number of hydrogen-bond donors (Lipinski definition) is 0. The summed E-state index contributed by atoms with van der Waals surface area (Å²) < 4.78 is 8.85. The van der Waals surface area contributed by atoms with Gasteiger partial charge in [0.05, 0.1) is 12.2 Å². The van der Waals surface area contributed by atoms with E-state index in [4.69, 9.17) is 34.7 Å². The average Bonchev–Trinajstić information content (AvgIpc) is 1.98. The molecule has 0 aromatic heterocycles. The minimum absolute atomic E-state index is 0. The molecule has 0 fully saturated rings. The minimum atomic E-state index is -1.20. The molecule has 0 aromatic carbocycles. The van der Waals surface area contributed by atoms with Crippen molar-refractivity contribution in [3.05, 3.63) is 0 Å². The van der Waals surface area contributed by atoms with E-state index in [1.165, 1.54) is 0 Å². The predicted molar refractivity (Wildman–Crippen MR) is 64.5 cm³/mol. The zero-order chi connectivity index (χ0) is 12.9. The number of esters is 2. The molecule has 0 saturated carbocycles. The van der Waals surface area contributed by atoms with Gasteiger partial charge in [-0.3, -0.25) is 14.2 Å². The van der Waals surface area contributed by atoms with Crippen LogP contribution in [0.5, 0.6) is 0 Å². The van der Waals surface area contributed by atoms with Crippen LogP contribution < -0.4 is 59.1 Å². The van der Waals surface area contributed by atoms with Crippen molar-refractivity contribution < 1.29 is 78.2 Å². The van der Waals surface area contributed by atoms with Crippen molar-refractivity contribution in [3.8, 4) is 0 Å². The quantitative estimate of drug-likeness (QED) is 0.219. The molecule has 0 aliphatic rings. The molecule has 0 heterocycles. The molecule has 0 unspecified atom stereocenters. The molecule has 4 nitrogen and oxygen atoms in total. The van der Waals surface area contributed by atoms with Crippen LogP contribution in [0.1, 0.15) is 27.7 Å². The van der Waals surface area contributed by atoms with Crippen molar-refractivity contribution in [1.29, 1.82) is 0 Å². The maximum absolute atomic E-state index is 11.6. The van der Waals surface area contributed by atoms with Gasteiger partial charge in [0.15, 0.2) is 0 Å². The van der Waals surface area contributed by atoms with Gasteiger partial charge < -0.3 is 34.7 Å². The van der Waals surface area contributed by atoms with E-state index in [0.29, 0.717) is 0 Å². The van der Waals surface area contributed by atoms with E-state index in [0.717, 1.165) is 0 Å². The van der Waals surface area contributed by atoms with Crippen LogP contribution in [-0.2, 0) is 44.3 Å². The third-order valence-electron chi connectivity index (χ3n) is 1.48. The normalized spacial score (nSPS) is 10.1. The van der Waals surface area contributed by atoms with Crippen LogP contribution in [0.3, 0.4) is 0 Å². The fraction of sp³-hybridized carbons (Fsp3) is 0.800. The van der Waals surface area contributed by atoms with Gasteiger partial charge >= 0.3 is 71.1 Å². The summed E-state index contributed by atoms with van der Waals surface area (Å²) in [4.78, 5) is 23.1. The van der Waals surface area contributed by atoms with Crippen LogP contribution >= 0.6 is 0 Å². The van der Waals surface area contributed by atoms with E-state index in [1.807, 2.05) is 0 Å². The molecular formula is C10H16Na2O4S2. The Morgan fingerprint density at radius 3 is 1.28 bits per heavy atom. The summed E-state index contributed by atoms with van der Waals surface area (Å²) in [6.07, 6.45) is -0.629. The zero-order valence-electron chi connectivity index (χ0n) is 11.8. The van der Waals surface area contributed by atoms with Crippen molar-refractivity contribution in [2.75, 3.05) is 0 Å². The van der Waals surface area contributed by atoms with Gasteiger partial charge in [-0.1, -0.05) is 0 Å². The molecule has 0 radical (unpaired) electrons. The van der Waals surface area contributed by atoms with Gasteiger partial charge in [0.25, 0.3) is 0 Å². The number of carbonyl (C=O) groups excluding carboxylic acids is 2. The van der Waals surface area contributed by atoms with E-state index in [-0.39, 0.29) is 71.3 Å². The van der Waals surface area contributed by atoms with Gasteiger partial charge in [-0.15, -0.1) is 0 Å². The van der Waals surface area contributed by atoms with Crippen LogP contribution in [0.2, 0.25) is 0 Å². The van der Waals surface area contributed by atoms with Crippen LogP contribution in [0, 0.1) is 5.92 Å². The van der Waals surface area contributed by atoms with Gasteiger partial charge in [-0.25, -0.2) is 0 Å². The van der Waals surface area contributed by atoms with Crippen molar-refractivity contribution in [2.45, 2.75) is 44.5 Å². The summed E-state index contributed by atoms with van der Waals surface area (Å²) in [5.41, 5.74) is 0. The molecule has 0 saturated heterocycles. The molecule has 0 bridgehead atoms. The number of hydrogen-bond acceptors (Lipinski definition) is 6. The largest absolute Gasteiger partial charge is 1.00 e. The van der Waals surface area contributed by atoms with Gasteiger partial charge in [0.2, 0.25) is 0 Å². The first kappa shape index (κ1) is 24.6. The summed E-state index contributed by atoms with van der Waals surface area (Å²) in [5, 5.41) is 0. The molecule has 0 atom stereocenters. The van der Waals surface area contributed by atoms with Crippen LogP contribution in [-0.4, -0.2) is 28.7 Å². The molecule has 94 valence electrons. The Morgan fingerprint density at radius 2 is 1.11 bits per heavy atom. The van der Waals surface area contributed by atoms with Crippen molar-refractivity contribution in [2.24, 2.45) is 5.92 Å². The summed E-state index contributed by atoms with van der Waals surface area (Å²) in [6, 6.07) is 0. The third kappa shape index (κ3) is 10.4. The third-order valence-corrected chi connectivity index (χ3v) is 2.03. The maximum atomic E-state index is 11.6. The molecule has 0 rings (SSSR count). The first-order valence-corrected chi connectivity index (χ1v) is 5.92. The Hall–Kier alpha value is 1.64. The summed E-state index contributed by atoms with van der Waals surface area (Å²) in [6.45, 7) is 6.74. The van der Waals surface area contributed by atoms with Crippen molar-refractivity contribution in [1.82, 2.24) is 0 Å². The van der Waals surface area contributed by atoms with Gasteiger partial charge in [-0.2, -0.15) is 0 Å². The molecule has 0 aliphatic carbocycles. The Bertz CT molecular complexity index is 238. The van der Waals surface area contributed by atoms with Gasteiger partial charge in [-0.05, 0) is 27.7 Å². The second-order valence-electron chi connectivity index (χ2n) is 3.82. The smallest absolute Gasteiger partial charge is 0.813 e. The van der Waals surface area contributed by atoms with Crippen LogP contribution in [0.15, 0.2) is 0 Å². The summed E-state index contributed by atoms with van der Waals surface area (Å²) in [5.74, 6) is -2.62. The van der Waals surface area contributed by atoms with E-state index < -0.39 is 22.4 Å². The standard InChI is InChI=1S/C10H18O4S2.2Na/c1-5(2)13-8(11)7(10(15)16)9(12)14-6(3)4;;/h5-7,10,15-16H,1-4H3;;/q;2*+1/p-2. The molecular weight excluding hydrogens is 294 g/mol. The van der Waals surface area contributed by atoms with Gasteiger partial charge in [0, 0.05) is 0 Å². The Labute approximate surface area is 164 Å². The first-order chi connectivity index (χ1) is 7.25. The fourth-order valence-electron chi connectivity index (χ4n) is 0.930. The van der Waals surface area contributed by atoms with Crippen molar-refractivity contribution in [3.63, 3.8) is 0 Å². The molecule has 0 N–H and O–H groups in total.